The number of rotatable bonds is 9. The van der Waals surface area contributed by atoms with E-state index in [1.54, 1.807) is 0 Å². The van der Waals surface area contributed by atoms with Gasteiger partial charge in [0.2, 0.25) is 5.79 Å². The van der Waals surface area contributed by atoms with E-state index in [0.29, 0.717) is 24.1 Å². The van der Waals surface area contributed by atoms with E-state index in [1.807, 2.05) is 39.0 Å². The third kappa shape index (κ3) is 7.10. The number of Topliss-reactive ketones (excluding diaryl/α,β-unsaturated/α-hetero) is 1. The molecule has 2 N–H and O–H groups in total. The molecule has 0 aromatic rings. The van der Waals surface area contributed by atoms with Gasteiger partial charge in [0.1, 0.15) is 0 Å². The van der Waals surface area contributed by atoms with Crippen molar-refractivity contribution in [2.75, 3.05) is 6.61 Å². The van der Waals surface area contributed by atoms with Gasteiger partial charge < -0.3 is 19.7 Å². The van der Waals surface area contributed by atoms with Crippen LogP contribution >= 0.6 is 0 Å². The minimum atomic E-state index is -1.05. The highest BCUT2D eigenvalue weighted by atomic mass is 16.7. The second-order valence-electron chi connectivity index (χ2n) is 12.5. The molecule has 3 rings (SSSR count). The lowest BCUT2D eigenvalue weighted by atomic mass is 9.79. The summed E-state index contributed by atoms with van der Waals surface area (Å²) >= 11 is 0. The van der Waals surface area contributed by atoms with E-state index in [-0.39, 0.29) is 36.6 Å². The smallest absolute Gasteiger partial charge is 0.209 e. The Hall–Kier alpha value is -1.57. The minimum absolute atomic E-state index is 0.0359. The van der Waals surface area contributed by atoms with Crippen molar-refractivity contribution in [3.8, 4) is 0 Å². The van der Waals surface area contributed by atoms with Crippen LogP contribution in [0.1, 0.15) is 88.0 Å². The molecule has 5 atom stereocenters. The van der Waals surface area contributed by atoms with Crippen LogP contribution in [0.5, 0.6) is 0 Å². The van der Waals surface area contributed by atoms with Crippen molar-refractivity contribution >= 4 is 5.78 Å². The average Bonchev–Trinajstić information content (AvgIpc) is 2.75. The van der Waals surface area contributed by atoms with Gasteiger partial charge in [-0.25, -0.2) is 0 Å². The number of carbonyl (C=O) groups is 1. The molecule has 0 saturated heterocycles. The molecule has 6 heteroatoms. The summed E-state index contributed by atoms with van der Waals surface area (Å²) in [5.41, 5.74) is 3.08. The number of ether oxygens (including phenoxy) is 2. The molecule has 0 aromatic heterocycles. The topological polar surface area (TPSA) is 79.2 Å². The van der Waals surface area contributed by atoms with Crippen molar-refractivity contribution in [2.24, 2.45) is 5.92 Å². The van der Waals surface area contributed by atoms with Crippen molar-refractivity contribution < 1.29 is 24.5 Å². The average molecular weight is 516 g/mol. The molecule has 1 aliphatic carbocycles. The summed E-state index contributed by atoms with van der Waals surface area (Å²) in [6.07, 6.45) is 10.3. The number of aliphatic hydroxyl groups is 2. The molecule has 0 saturated carbocycles. The molecular weight excluding hydrogens is 466 g/mol. The van der Waals surface area contributed by atoms with Crippen molar-refractivity contribution in [3.05, 3.63) is 46.6 Å². The monoisotopic (exact) mass is 515 g/mol. The highest BCUT2D eigenvalue weighted by molar-refractivity contribution is 5.96. The largest absolute Gasteiger partial charge is 0.392 e. The van der Waals surface area contributed by atoms with Gasteiger partial charge in [-0.3, -0.25) is 9.69 Å². The normalized spacial score (nSPS) is 30.0. The van der Waals surface area contributed by atoms with Crippen LogP contribution in [0.15, 0.2) is 46.6 Å². The maximum Gasteiger partial charge on any atom is 0.209 e. The molecule has 0 aromatic carbocycles. The zero-order valence-corrected chi connectivity index (χ0v) is 24.4. The van der Waals surface area contributed by atoms with E-state index in [4.69, 9.17) is 9.47 Å². The first-order valence-corrected chi connectivity index (χ1v) is 13.9. The minimum Gasteiger partial charge on any atom is -0.392 e. The summed E-state index contributed by atoms with van der Waals surface area (Å²) in [5, 5.41) is 21.1. The third-order valence-electron chi connectivity index (χ3n) is 7.98. The van der Waals surface area contributed by atoms with Gasteiger partial charge >= 0.3 is 0 Å². The lowest BCUT2D eigenvalue weighted by Gasteiger charge is -2.45. The molecule has 0 amide bonds. The Morgan fingerprint density at radius 1 is 1.16 bits per heavy atom. The zero-order chi connectivity index (χ0) is 27.7. The highest BCUT2D eigenvalue weighted by Crippen LogP contribution is 2.42. The summed E-state index contributed by atoms with van der Waals surface area (Å²) in [6, 6.07) is 0.707. The number of fused-ring (bicyclic) bond motifs is 1. The van der Waals surface area contributed by atoms with Gasteiger partial charge in [-0.2, -0.15) is 0 Å². The van der Waals surface area contributed by atoms with Gasteiger partial charge in [0.15, 0.2) is 5.78 Å². The van der Waals surface area contributed by atoms with Gasteiger partial charge in [-0.05, 0) is 111 Å². The van der Waals surface area contributed by atoms with E-state index in [9.17, 15) is 15.0 Å². The molecule has 0 fully saturated rings. The van der Waals surface area contributed by atoms with Gasteiger partial charge in [0, 0.05) is 30.5 Å². The van der Waals surface area contributed by atoms with Gasteiger partial charge in [0.05, 0.1) is 24.4 Å². The van der Waals surface area contributed by atoms with Gasteiger partial charge in [0.25, 0.3) is 0 Å². The standard InChI is InChI=1S/C31H49NO5/c1-19(2)32(20(3)4)29(30(8,9)35)11-10-21(5)12-25-13-22(6)16-31(36-25)17-24(18-33)26-15-27(34)23(7)14-28(26)37-31/h12,14,16-17,19-20,25-26,28-29,33,35H,10-11,13,15,18H2,1-9H3/b21-12+/t25-,26-,28-,29?,31+/m1/s1. The van der Waals surface area contributed by atoms with Crippen LogP contribution in [-0.2, 0) is 14.3 Å². The number of aliphatic hydroxyl groups excluding tert-OH is 1. The Kier molecular flexibility index (Phi) is 9.45. The Balaban J connectivity index is 1.79. The molecule has 3 aliphatic rings. The first-order chi connectivity index (χ1) is 17.2. The van der Waals surface area contributed by atoms with Crippen LogP contribution in [-0.4, -0.2) is 69.2 Å². The van der Waals surface area contributed by atoms with Crippen LogP contribution < -0.4 is 0 Å². The lowest BCUT2D eigenvalue weighted by Crippen LogP contribution is -2.54. The van der Waals surface area contributed by atoms with E-state index in [0.717, 1.165) is 24.8 Å². The fraction of sp³-hybridized carbons (Fsp3) is 0.710. The second kappa shape index (κ2) is 11.7. The first kappa shape index (κ1) is 30.0. The fourth-order valence-corrected chi connectivity index (χ4v) is 6.38. The molecule has 2 aliphatic heterocycles. The number of hydrogen-bond donors (Lipinski definition) is 2. The van der Waals surface area contributed by atoms with E-state index in [1.165, 1.54) is 11.1 Å². The van der Waals surface area contributed by atoms with E-state index < -0.39 is 11.4 Å². The fourth-order valence-electron chi connectivity index (χ4n) is 6.38. The summed E-state index contributed by atoms with van der Waals surface area (Å²) < 4.78 is 13.1. The van der Waals surface area contributed by atoms with E-state index >= 15 is 0 Å². The van der Waals surface area contributed by atoms with Crippen LogP contribution in [0.2, 0.25) is 0 Å². The summed E-state index contributed by atoms with van der Waals surface area (Å²) in [6.45, 7) is 18.5. The SMILES string of the molecule is CC1=C[C@]2(C=C(CO)[C@H]3CC(=O)C(C)=C[C@H]3O2)O[C@H](/C=C(\C)CCC(N(C(C)C)C(C)C)C(C)(C)O)C1. The summed E-state index contributed by atoms with van der Waals surface area (Å²) in [4.78, 5) is 14.7. The maximum absolute atomic E-state index is 12.3. The van der Waals surface area contributed by atoms with E-state index in [2.05, 4.69) is 52.5 Å². The van der Waals surface area contributed by atoms with Crippen LogP contribution in [0.25, 0.3) is 0 Å². The Labute approximate surface area is 224 Å². The van der Waals surface area contributed by atoms with Crippen LogP contribution in [0.3, 0.4) is 0 Å². The lowest BCUT2D eigenvalue weighted by molar-refractivity contribution is -0.224. The number of carbonyl (C=O) groups excluding carboxylic acids is 1. The molecule has 1 unspecified atom stereocenters. The number of allylic oxidation sites excluding steroid dienone is 2. The second-order valence-corrected chi connectivity index (χ2v) is 12.5. The molecule has 208 valence electrons. The van der Waals surface area contributed by atoms with Crippen molar-refractivity contribution in [2.45, 2.75) is 130 Å². The quantitative estimate of drug-likeness (QED) is 0.408. The molecule has 1 spiro atoms. The van der Waals surface area contributed by atoms with Crippen molar-refractivity contribution in [1.29, 1.82) is 0 Å². The van der Waals surface area contributed by atoms with Crippen molar-refractivity contribution in [3.63, 3.8) is 0 Å². The molecular formula is C31H49NO5. The zero-order valence-electron chi connectivity index (χ0n) is 24.4. The molecule has 2 heterocycles. The predicted octanol–water partition coefficient (Wildman–Crippen LogP) is 5.26. The third-order valence-corrected chi connectivity index (χ3v) is 7.98. The Bertz CT molecular complexity index is 959. The first-order valence-electron chi connectivity index (χ1n) is 13.9. The molecule has 0 radical (unpaired) electrons. The highest BCUT2D eigenvalue weighted by Gasteiger charge is 2.45. The van der Waals surface area contributed by atoms with Gasteiger partial charge in [-0.1, -0.05) is 17.2 Å². The number of nitrogens with zero attached hydrogens (tertiary/aromatic N) is 1. The number of hydrogen-bond acceptors (Lipinski definition) is 6. The molecule has 37 heavy (non-hydrogen) atoms. The predicted molar refractivity (Wildman–Crippen MR) is 148 cm³/mol. The van der Waals surface area contributed by atoms with Crippen LogP contribution in [0, 0.1) is 5.92 Å². The molecule has 0 bridgehead atoms. The van der Waals surface area contributed by atoms with Crippen molar-refractivity contribution in [1.82, 2.24) is 4.90 Å². The van der Waals surface area contributed by atoms with Gasteiger partial charge in [-0.15, -0.1) is 0 Å². The maximum atomic E-state index is 12.3. The Morgan fingerprint density at radius 3 is 2.38 bits per heavy atom. The molecule has 6 nitrogen and oxygen atoms in total. The summed E-state index contributed by atoms with van der Waals surface area (Å²) in [5.74, 6) is -1.10. The number of ketones is 1. The summed E-state index contributed by atoms with van der Waals surface area (Å²) in [7, 11) is 0. The van der Waals surface area contributed by atoms with Crippen LogP contribution in [0.4, 0.5) is 0 Å². The Morgan fingerprint density at radius 2 is 1.81 bits per heavy atom.